The monoisotopic (exact) mass is 405 g/mol. The molecule has 29 heavy (non-hydrogen) atoms. The Morgan fingerprint density at radius 1 is 1.07 bits per heavy atom. The van der Waals surface area contributed by atoms with Crippen LogP contribution < -0.4 is 10.6 Å². The molecule has 1 fully saturated rings. The van der Waals surface area contributed by atoms with Crippen LogP contribution in [0.5, 0.6) is 0 Å². The van der Waals surface area contributed by atoms with E-state index in [0.717, 1.165) is 34.7 Å². The molecule has 1 unspecified atom stereocenters. The van der Waals surface area contributed by atoms with E-state index in [2.05, 4.69) is 10.6 Å². The molecule has 1 heterocycles. The minimum atomic E-state index is -4.48. The molecular formula is C20H18F3N3O3. The van der Waals surface area contributed by atoms with Crippen LogP contribution in [0.15, 0.2) is 48.5 Å². The molecule has 2 aromatic carbocycles. The van der Waals surface area contributed by atoms with Crippen LogP contribution in [0.25, 0.3) is 0 Å². The highest BCUT2D eigenvalue weighted by Gasteiger charge is 2.49. The number of alkyl halides is 3. The second-order valence-electron chi connectivity index (χ2n) is 6.94. The molecule has 0 saturated carbocycles. The maximum atomic E-state index is 12.8. The van der Waals surface area contributed by atoms with Crippen molar-refractivity contribution in [3.05, 3.63) is 65.2 Å². The quantitative estimate of drug-likeness (QED) is 0.766. The normalized spacial score (nSPS) is 19.3. The van der Waals surface area contributed by atoms with Gasteiger partial charge in [0.05, 0.1) is 5.56 Å². The fourth-order valence-corrected chi connectivity index (χ4v) is 3.01. The van der Waals surface area contributed by atoms with E-state index in [0.29, 0.717) is 5.56 Å². The molecule has 0 aliphatic carbocycles. The van der Waals surface area contributed by atoms with Crippen molar-refractivity contribution in [2.24, 2.45) is 0 Å². The van der Waals surface area contributed by atoms with Gasteiger partial charge >= 0.3 is 12.2 Å². The van der Waals surface area contributed by atoms with Gasteiger partial charge in [-0.2, -0.15) is 13.2 Å². The molecule has 4 amide bonds. The molecule has 152 valence electrons. The summed E-state index contributed by atoms with van der Waals surface area (Å²) in [4.78, 5) is 38.1. The lowest BCUT2D eigenvalue weighted by Gasteiger charge is -2.22. The second-order valence-corrected chi connectivity index (χ2v) is 6.94. The highest BCUT2D eigenvalue weighted by Crippen LogP contribution is 2.30. The zero-order chi connectivity index (χ0) is 21.4. The van der Waals surface area contributed by atoms with E-state index in [1.54, 1.807) is 31.2 Å². The van der Waals surface area contributed by atoms with E-state index in [-0.39, 0.29) is 5.69 Å². The van der Waals surface area contributed by atoms with Crippen LogP contribution in [0.2, 0.25) is 0 Å². The topological polar surface area (TPSA) is 78.5 Å². The molecule has 1 saturated heterocycles. The Morgan fingerprint density at radius 3 is 2.21 bits per heavy atom. The third-order valence-corrected chi connectivity index (χ3v) is 4.70. The van der Waals surface area contributed by atoms with Crippen molar-refractivity contribution in [3.63, 3.8) is 0 Å². The summed E-state index contributed by atoms with van der Waals surface area (Å²) in [6.45, 7) is 2.87. The van der Waals surface area contributed by atoms with Crippen molar-refractivity contribution in [1.82, 2.24) is 10.2 Å². The number of amides is 4. The van der Waals surface area contributed by atoms with Gasteiger partial charge in [0.1, 0.15) is 12.1 Å². The first-order valence-electron chi connectivity index (χ1n) is 8.69. The highest BCUT2D eigenvalue weighted by atomic mass is 19.4. The minimum absolute atomic E-state index is 0.122. The van der Waals surface area contributed by atoms with E-state index in [9.17, 15) is 27.6 Å². The average Bonchev–Trinajstić information content (AvgIpc) is 2.86. The summed E-state index contributed by atoms with van der Waals surface area (Å²) in [7, 11) is 0. The average molecular weight is 405 g/mol. The van der Waals surface area contributed by atoms with Gasteiger partial charge in [0.2, 0.25) is 5.91 Å². The van der Waals surface area contributed by atoms with E-state index in [4.69, 9.17) is 0 Å². The fraction of sp³-hybridized carbons (Fsp3) is 0.250. The molecule has 6 nitrogen and oxygen atoms in total. The number of anilines is 1. The fourth-order valence-electron chi connectivity index (χ4n) is 3.01. The van der Waals surface area contributed by atoms with Crippen LogP contribution in [0.1, 0.15) is 23.6 Å². The number of halogens is 3. The van der Waals surface area contributed by atoms with Gasteiger partial charge in [-0.3, -0.25) is 14.5 Å². The lowest BCUT2D eigenvalue weighted by molar-refractivity contribution is -0.137. The summed E-state index contributed by atoms with van der Waals surface area (Å²) in [5, 5.41) is 4.97. The molecular weight excluding hydrogens is 387 g/mol. The molecule has 9 heteroatoms. The molecule has 0 spiro atoms. The zero-order valence-electron chi connectivity index (χ0n) is 15.6. The summed E-state index contributed by atoms with van der Waals surface area (Å²) in [5.41, 5.74) is -0.469. The number of carbonyl (C=O) groups excluding carboxylic acids is 3. The number of hydrogen-bond donors (Lipinski definition) is 2. The van der Waals surface area contributed by atoms with Gasteiger partial charge in [-0.1, -0.05) is 29.8 Å². The number of hydrogen-bond acceptors (Lipinski definition) is 3. The van der Waals surface area contributed by atoms with Crippen LogP contribution in [0.4, 0.5) is 23.7 Å². The molecule has 0 radical (unpaired) electrons. The Bertz CT molecular complexity index is 956. The van der Waals surface area contributed by atoms with Crippen LogP contribution >= 0.6 is 0 Å². The Balaban J connectivity index is 1.69. The standard InChI is InChI=1S/C20H18F3N3O3/c1-12-3-5-13(6-4-12)19(2)17(28)26(18(29)25-19)11-16(27)24-15-9-7-14(8-10-15)20(21,22)23/h3-10H,11H2,1-2H3,(H,24,27)(H,25,29). The first-order chi connectivity index (χ1) is 13.5. The molecule has 1 aliphatic rings. The van der Waals surface area contributed by atoms with E-state index >= 15 is 0 Å². The van der Waals surface area contributed by atoms with Crippen molar-refractivity contribution in [2.75, 3.05) is 11.9 Å². The summed E-state index contributed by atoms with van der Waals surface area (Å²) in [6.07, 6.45) is -4.48. The second kappa shape index (κ2) is 7.23. The largest absolute Gasteiger partial charge is 0.416 e. The molecule has 0 aromatic heterocycles. The lowest BCUT2D eigenvalue weighted by atomic mass is 9.91. The van der Waals surface area contributed by atoms with Gasteiger partial charge in [0.25, 0.3) is 5.91 Å². The van der Waals surface area contributed by atoms with Crippen LogP contribution in [-0.2, 0) is 21.3 Å². The van der Waals surface area contributed by atoms with E-state index in [1.165, 1.54) is 0 Å². The summed E-state index contributed by atoms with van der Waals surface area (Å²) in [6, 6.07) is 10.2. The summed E-state index contributed by atoms with van der Waals surface area (Å²) < 4.78 is 37.8. The summed E-state index contributed by atoms with van der Waals surface area (Å²) >= 11 is 0. The third kappa shape index (κ3) is 4.08. The Labute approximate surface area is 164 Å². The van der Waals surface area contributed by atoms with E-state index < -0.39 is 41.7 Å². The Hall–Kier alpha value is -3.36. The number of nitrogens with one attached hydrogen (secondary N) is 2. The predicted molar refractivity (Wildman–Crippen MR) is 98.8 cm³/mol. The number of imide groups is 1. The zero-order valence-corrected chi connectivity index (χ0v) is 15.6. The van der Waals surface area contributed by atoms with Crippen molar-refractivity contribution in [2.45, 2.75) is 25.6 Å². The van der Waals surface area contributed by atoms with Crippen LogP contribution in [0, 0.1) is 6.92 Å². The number of benzene rings is 2. The van der Waals surface area contributed by atoms with Crippen LogP contribution in [-0.4, -0.2) is 29.3 Å². The van der Waals surface area contributed by atoms with Gasteiger partial charge < -0.3 is 10.6 Å². The lowest BCUT2D eigenvalue weighted by Crippen LogP contribution is -2.42. The minimum Gasteiger partial charge on any atom is -0.325 e. The smallest absolute Gasteiger partial charge is 0.325 e. The molecule has 1 atom stereocenters. The van der Waals surface area contributed by atoms with Gasteiger partial charge in [-0.05, 0) is 43.7 Å². The highest BCUT2D eigenvalue weighted by molar-refractivity contribution is 6.10. The maximum absolute atomic E-state index is 12.8. The maximum Gasteiger partial charge on any atom is 0.416 e. The molecule has 0 bridgehead atoms. The van der Waals surface area contributed by atoms with Crippen molar-refractivity contribution < 1.29 is 27.6 Å². The Morgan fingerprint density at radius 2 is 1.66 bits per heavy atom. The van der Waals surface area contributed by atoms with Crippen molar-refractivity contribution in [3.8, 4) is 0 Å². The molecule has 2 N–H and O–H groups in total. The number of rotatable bonds is 4. The third-order valence-electron chi connectivity index (χ3n) is 4.70. The van der Waals surface area contributed by atoms with E-state index in [1.807, 2.05) is 6.92 Å². The number of aryl methyl sites for hydroxylation is 1. The number of nitrogens with zero attached hydrogens (tertiary/aromatic N) is 1. The van der Waals surface area contributed by atoms with Gasteiger partial charge in [-0.15, -0.1) is 0 Å². The van der Waals surface area contributed by atoms with Crippen LogP contribution in [0.3, 0.4) is 0 Å². The Kier molecular flexibility index (Phi) is 5.08. The molecule has 1 aliphatic heterocycles. The van der Waals surface area contributed by atoms with Crippen molar-refractivity contribution >= 4 is 23.5 Å². The first kappa shape index (κ1) is 20.4. The van der Waals surface area contributed by atoms with Gasteiger partial charge in [0, 0.05) is 5.69 Å². The van der Waals surface area contributed by atoms with Gasteiger partial charge in [0.15, 0.2) is 0 Å². The number of carbonyl (C=O) groups is 3. The van der Waals surface area contributed by atoms with Crippen molar-refractivity contribution in [1.29, 1.82) is 0 Å². The molecule has 3 rings (SSSR count). The first-order valence-corrected chi connectivity index (χ1v) is 8.69. The SMILES string of the molecule is Cc1ccc(C2(C)NC(=O)N(CC(=O)Nc3ccc(C(F)(F)F)cc3)C2=O)cc1. The van der Waals surface area contributed by atoms with Gasteiger partial charge in [-0.25, -0.2) is 4.79 Å². The summed E-state index contributed by atoms with van der Waals surface area (Å²) in [5.74, 6) is -1.30. The number of urea groups is 1. The predicted octanol–water partition coefficient (Wildman–Crippen LogP) is 3.42. The molecule has 2 aromatic rings.